The molecule has 0 unspecified atom stereocenters. The van der Waals surface area contributed by atoms with Crippen LogP contribution in [0.2, 0.25) is 10.0 Å². The first-order valence-corrected chi connectivity index (χ1v) is 8.10. The molecule has 1 aromatic carbocycles. The third-order valence-electron chi connectivity index (χ3n) is 4.72. The standard InChI is InChI=1S/C16H19Cl2NO/c17-13-5-3-11(14(18)9-13)4-6-16(20)19-15-8-10-1-2-12(15)7-10/h3,5,9-10,12,15H,1-2,4,6-8H2,(H,19,20)/t10-,12-,15+/m1/s1. The van der Waals surface area contributed by atoms with E-state index in [1.54, 1.807) is 6.07 Å². The third kappa shape index (κ3) is 3.12. The van der Waals surface area contributed by atoms with Crippen LogP contribution < -0.4 is 5.32 Å². The minimum atomic E-state index is 0.147. The summed E-state index contributed by atoms with van der Waals surface area (Å²) in [6, 6.07) is 5.86. The molecule has 0 radical (unpaired) electrons. The van der Waals surface area contributed by atoms with E-state index in [2.05, 4.69) is 5.32 Å². The Morgan fingerprint density at radius 2 is 2.10 bits per heavy atom. The summed E-state index contributed by atoms with van der Waals surface area (Å²) < 4.78 is 0. The van der Waals surface area contributed by atoms with Gasteiger partial charge in [0.05, 0.1) is 0 Å². The Bertz CT molecular complexity index is 517. The van der Waals surface area contributed by atoms with Crippen LogP contribution in [-0.2, 0) is 11.2 Å². The maximum Gasteiger partial charge on any atom is 0.220 e. The Morgan fingerprint density at radius 3 is 2.75 bits per heavy atom. The van der Waals surface area contributed by atoms with Crippen LogP contribution in [0, 0.1) is 11.8 Å². The van der Waals surface area contributed by atoms with Gasteiger partial charge in [0.15, 0.2) is 0 Å². The maximum absolute atomic E-state index is 12.0. The van der Waals surface area contributed by atoms with Gasteiger partial charge >= 0.3 is 0 Å². The smallest absolute Gasteiger partial charge is 0.220 e. The molecule has 4 heteroatoms. The lowest BCUT2D eigenvalue weighted by Crippen LogP contribution is -2.38. The molecule has 1 amide bonds. The van der Waals surface area contributed by atoms with Crippen LogP contribution in [0.1, 0.15) is 37.7 Å². The van der Waals surface area contributed by atoms with E-state index >= 15 is 0 Å². The highest BCUT2D eigenvalue weighted by Crippen LogP contribution is 2.44. The second kappa shape index (κ2) is 5.95. The summed E-state index contributed by atoms with van der Waals surface area (Å²) in [6.45, 7) is 0. The molecule has 2 nitrogen and oxygen atoms in total. The molecule has 0 aliphatic heterocycles. The normalized spacial score (nSPS) is 27.8. The Balaban J connectivity index is 1.49. The van der Waals surface area contributed by atoms with Gasteiger partial charge in [-0.1, -0.05) is 35.7 Å². The molecule has 0 aromatic heterocycles. The topological polar surface area (TPSA) is 29.1 Å². The molecular formula is C16H19Cl2NO. The number of rotatable bonds is 4. The van der Waals surface area contributed by atoms with Crippen LogP contribution in [-0.4, -0.2) is 11.9 Å². The summed E-state index contributed by atoms with van der Waals surface area (Å²) >= 11 is 12.0. The summed E-state index contributed by atoms with van der Waals surface area (Å²) in [6.07, 6.45) is 6.31. The average molecular weight is 312 g/mol. The maximum atomic E-state index is 12.0. The number of hydrogen-bond acceptors (Lipinski definition) is 1. The van der Waals surface area contributed by atoms with Gasteiger partial charge in [-0.3, -0.25) is 4.79 Å². The minimum absolute atomic E-state index is 0.147. The molecule has 2 bridgehead atoms. The number of aryl methyl sites for hydroxylation is 1. The van der Waals surface area contributed by atoms with Crippen LogP contribution in [0.3, 0.4) is 0 Å². The van der Waals surface area contributed by atoms with Gasteiger partial charge in [-0.15, -0.1) is 0 Å². The number of benzene rings is 1. The fourth-order valence-corrected chi connectivity index (χ4v) is 4.18. The van der Waals surface area contributed by atoms with E-state index in [1.807, 2.05) is 12.1 Å². The SMILES string of the molecule is O=C(CCc1ccc(Cl)cc1Cl)N[C@H]1C[C@@H]2CC[C@@H]1C2. The van der Waals surface area contributed by atoms with E-state index in [4.69, 9.17) is 23.2 Å². The molecule has 1 aromatic rings. The molecule has 2 aliphatic carbocycles. The van der Waals surface area contributed by atoms with Crippen molar-refractivity contribution in [3.8, 4) is 0 Å². The van der Waals surface area contributed by atoms with Crippen molar-refractivity contribution in [2.45, 2.75) is 44.6 Å². The molecule has 2 saturated carbocycles. The first kappa shape index (κ1) is 14.2. The van der Waals surface area contributed by atoms with Crippen LogP contribution in [0.15, 0.2) is 18.2 Å². The second-order valence-corrected chi connectivity index (χ2v) is 6.93. The predicted molar refractivity (Wildman–Crippen MR) is 82.2 cm³/mol. The lowest BCUT2D eigenvalue weighted by Gasteiger charge is -2.22. The molecule has 20 heavy (non-hydrogen) atoms. The fraction of sp³-hybridized carbons (Fsp3) is 0.562. The van der Waals surface area contributed by atoms with Crippen molar-refractivity contribution in [2.75, 3.05) is 0 Å². The lowest BCUT2D eigenvalue weighted by molar-refractivity contribution is -0.122. The van der Waals surface area contributed by atoms with E-state index in [-0.39, 0.29) is 5.91 Å². The van der Waals surface area contributed by atoms with Crippen LogP contribution >= 0.6 is 23.2 Å². The molecule has 3 atom stereocenters. The van der Waals surface area contributed by atoms with Gasteiger partial charge < -0.3 is 5.32 Å². The Labute approximate surface area is 129 Å². The van der Waals surface area contributed by atoms with Crippen molar-refractivity contribution in [3.63, 3.8) is 0 Å². The average Bonchev–Trinajstić information content (AvgIpc) is 3.00. The Morgan fingerprint density at radius 1 is 1.25 bits per heavy atom. The lowest BCUT2D eigenvalue weighted by atomic mass is 9.95. The van der Waals surface area contributed by atoms with E-state index in [0.29, 0.717) is 28.9 Å². The first-order chi connectivity index (χ1) is 9.61. The zero-order chi connectivity index (χ0) is 14.1. The molecule has 2 aliphatic rings. The Kier molecular flexibility index (Phi) is 4.23. The largest absolute Gasteiger partial charge is 0.353 e. The molecule has 3 rings (SSSR count). The number of carbonyl (C=O) groups excluding carboxylic acids is 1. The summed E-state index contributed by atoms with van der Waals surface area (Å²) in [4.78, 5) is 12.0. The van der Waals surface area contributed by atoms with E-state index in [9.17, 15) is 4.79 Å². The quantitative estimate of drug-likeness (QED) is 0.885. The summed E-state index contributed by atoms with van der Waals surface area (Å²) in [5, 5.41) is 4.48. The van der Waals surface area contributed by atoms with Crippen LogP contribution in [0.25, 0.3) is 0 Å². The van der Waals surface area contributed by atoms with Crippen molar-refractivity contribution in [1.29, 1.82) is 0 Å². The summed E-state index contributed by atoms with van der Waals surface area (Å²) in [7, 11) is 0. The van der Waals surface area contributed by atoms with Crippen molar-refractivity contribution in [1.82, 2.24) is 5.32 Å². The monoisotopic (exact) mass is 311 g/mol. The molecule has 0 spiro atoms. The number of hydrogen-bond donors (Lipinski definition) is 1. The van der Waals surface area contributed by atoms with Gasteiger partial charge in [-0.2, -0.15) is 0 Å². The number of carbonyl (C=O) groups is 1. The first-order valence-electron chi connectivity index (χ1n) is 7.35. The molecule has 0 heterocycles. The fourth-order valence-electron chi connectivity index (χ4n) is 3.67. The third-order valence-corrected chi connectivity index (χ3v) is 5.31. The summed E-state index contributed by atoms with van der Waals surface area (Å²) in [5.41, 5.74) is 0.985. The van der Waals surface area contributed by atoms with Gasteiger partial charge in [0, 0.05) is 22.5 Å². The number of amides is 1. The van der Waals surface area contributed by atoms with Gasteiger partial charge in [-0.05, 0) is 55.2 Å². The van der Waals surface area contributed by atoms with Gasteiger partial charge in [0.1, 0.15) is 0 Å². The number of nitrogens with one attached hydrogen (secondary N) is 1. The van der Waals surface area contributed by atoms with Crippen molar-refractivity contribution < 1.29 is 4.79 Å². The van der Waals surface area contributed by atoms with Gasteiger partial charge in [0.2, 0.25) is 5.91 Å². The highest BCUT2D eigenvalue weighted by Gasteiger charge is 2.39. The molecule has 0 saturated heterocycles. The predicted octanol–water partition coefficient (Wildman–Crippen LogP) is 4.23. The highest BCUT2D eigenvalue weighted by atomic mass is 35.5. The van der Waals surface area contributed by atoms with E-state index in [1.165, 1.54) is 25.7 Å². The molecule has 2 fully saturated rings. The summed E-state index contributed by atoms with van der Waals surface area (Å²) in [5.74, 6) is 1.73. The highest BCUT2D eigenvalue weighted by molar-refractivity contribution is 6.35. The van der Waals surface area contributed by atoms with Gasteiger partial charge in [-0.25, -0.2) is 0 Å². The second-order valence-electron chi connectivity index (χ2n) is 6.08. The molecule has 1 N–H and O–H groups in total. The van der Waals surface area contributed by atoms with Crippen LogP contribution in [0.4, 0.5) is 0 Å². The molecule has 108 valence electrons. The van der Waals surface area contributed by atoms with Crippen molar-refractivity contribution in [3.05, 3.63) is 33.8 Å². The zero-order valence-corrected chi connectivity index (χ0v) is 12.9. The van der Waals surface area contributed by atoms with Crippen molar-refractivity contribution in [2.24, 2.45) is 11.8 Å². The van der Waals surface area contributed by atoms with E-state index in [0.717, 1.165) is 17.4 Å². The Hall–Kier alpha value is -0.730. The zero-order valence-electron chi connectivity index (χ0n) is 11.4. The number of fused-ring (bicyclic) bond motifs is 2. The van der Waals surface area contributed by atoms with Crippen LogP contribution in [0.5, 0.6) is 0 Å². The van der Waals surface area contributed by atoms with Gasteiger partial charge in [0.25, 0.3) is 0 Å². The number of halogens is 2. The van der Waals surface area contributed by atoms with Crippen molar-refractivity contribution >= 4 is 29.1 Å². The van der Waals surface area contributed by atoms with E-state index < -0.39 is 0 Å². The minimum Gasteiger partial charge on any atom is -0.353 e. The molecular weight excluding hydrogens is 293 g/mol.